The molecule has 0 amide bonds. The fourth-order valence-corrected chi connectivity index (χ4v) is 10.4. The van der Waals surface area contributed by atoms with Gasteiger partial charge >= 0.3 is 0 Å². The number of hydrogen-bond donors (Lipinski definition) is 0. The molecular weight excluding hydrogens is 622 g/mol. The maximum Gasteiger partial charge on any atom is 0.243 e. The van der Waals surface area contributed by atoms with Crippen molar-refractivity contribution < 1.29 is 8.42 Å². The number of fused-ring (bicyclic) bond motifs is 1. The average Bonchev–Trinajstić information content (AvgIpc) is 3.00. The predicted octanol–water partition coefficient (Wildman–Crippen LogP) is 6.88. The Morgan fingerprint density at radius 2 is 1.53 bits per heavy atom. The van der Waals surface area contributed by atoms with E-state index >= 15 is 0 Å². The molecule has 2 heterocycles. The molecule has 2 aromatic rings. The Balaban J connectivity index is 1.34. The number of halogens is 1. The van der Waals surface area contributed by atoms with Crippen LogP contribution in [0.3, 0.4) is 0 Å². The molecule has 45 heavy (non-hydrogen) atoms. The van der Waals surface area contributed by atoms with Crippen molar-refractivity contribution in [3.8, 4) is 0 Å². The highest BCUT2D eigenvalue weighted by atomic mass is 35.5. The van der Waals surface area contributed by atoms with Crippen molar-refractivity contribution in [3.05, 3.63) is 58.6 Å². The molecule has 1 aliphatic carbocycles. The van der Waals surface area contributed by atoms with E-state index in [2.05, 4.69) is 39.5 Å². The molecule has 0 N–H and O–H groups in total. The van der Waals surface area contributed by atoms with Gasteiger partial charge in [0.15, 0.2) is 0 Å². The topological polar surface area (TPSA) is 50.3 Å². The number of rotatable bonds is 7. The van der Waals surface area contributed by atoms with E-state index in [0.717, 1.165) is 75.3 Å². The maximum atomic E-state index is 14.1. The second-order valence-corrected chi connectivity index (χ2v) is 17.6. The number of anilines is 1. The molecular formula is C35H54ClN5O2S2. The number of nitrogens with zero attached hydrogens (tertiary/aromatic N) is 5. The van der Waals surface area contributed by atoms with Gasteiger partial charge in [-0.3, -0.25) is 0 Å². The molecule has 3 aliphatic rings. The minimum absolute atomic E-state index is 0.189. The van der Waals surface area contributed by atoms with Gasteiger partial charge in [0, 0.05) is 89.3 Å². The van der Waals surface area contributed by atoms with Crippen LogP contribution in [0.15, 0.2) is 47.4 Å². The Bertz CT molecular complexity index is 1340. The number of hydrogen-bond acceptors (Lipinski definition) is 7. The Morgan fingerprint density at radius 1 is 0.822 bits per heavy atom. The van der Waals surface area contributed by atoms with E-state index in [1.54, 1.807) is 16.4 Å². The molecule has 2 fully saturated rings. The lowest BCUT2D eigenvalue weighted by Gasteiger charge is -2.38. The minimum atomic E-state index is -3.61. The summed E-state index contributed by atoms with van der Waals surface area (Å²) in [6.45, 7) is 12.5. The van der Waals surface area contributed by atoms with Gasteiger partial charge in [0.05, 0.1) is 4.90 Å². The van der Waals surface area contributed by atoms with Crippen LogP contribution >= 0.6 is 23.7 Å². The highest BCUT2D eigenvalue weighted by molar-refractivity contribution is 7.94. The number of benzene rings is 2. The first kappa shape index (κ1) is 35.0. The first-order valence-corrected chi connectivity index (χ1v) is 19.6. The third kappa shape index (κ3) is 9.84. The van der Waals surface area contributed by atoms with Crippen molar-refractivity contribution >= 4 is 39.4 Å². The molecule has 2 aliphatic heterocycles. The van der Waals surface area contributed by atoms with Crippen molar-refractivity contribution in [2.45, 2.75) is 70.2 Å². The van der Waals surface area contributed by atoms with Crippen LogP contribution in [-0.2, 0) is 23.0 Å². The molecule has 2 unspecified atom stereocenters. The summed E-state index contributed by atoms with van der Waals surface area (Å²) >= 11 is 8.14. The quantitative estimate of drug-likeness (QED) is 0.297. The fourth-order valence-electron chi connectivity index (χ4n) is 7.31. The van der Waals surface area contributed by atoms with Crippen LogP contribution in [0.25, 0.3) is 0 Å². The van der Waals surface area contributed by atoms with Gasteiger partial charge in [-0.1, -0.05) is 50.8 Å². The highest BCUT2D eigenvalue weighted by Gasteiger charge is 2.30. The predicted molar refractivity (Wildman–Crippen MR) is 190 cm³/mol. The first-order chi connectivity index (χ1) is 21.6. The van der Waals surface area contributed by atoms with Crippen LogP contribution in [-0.4, -0.2) is 92.7 Å². The van der Waals surface area contributed by atoms with Gasteiger partial charge in [0.1, 0.15) is 0 Å². The van der Waals surface area contributed by atoms with Crippen molar-refractivity contribution in [1.29, 1.82) is 0 Å². The van der Waals surface area contributed by atoms with E-state index in [-0.39, 0.29) is 5.92 Å². The Labute approximate surface area is 282 Å². The lowest BCUT2D eigenvalue weighted by atomic mass is 9.88. The second-order valence-electron chi connectivity index (χ2n) is 14.0. The van der Waals surface area contributed by atoms with E-state index in [0.29, 0.717) is 23.9 Å². The Morgan fingerprint density at radius 3 is 2.24 bits per heavy atom. The monoisotopic (exact) mass is 675 g/mol. The molecule has 0 radical (unpaired) electrons. The molecule has 1 saturated carbocycles. The molecule has 2 aromatic carbocycles. The normalized spacial score (nSPS) is 24.5. The lowest BCUT2D eigenvalue weighted by Crippen LogP contribution is -2.44. The van der Waals surface area contributed by atoms with Crippen LogP contribution in [0.4, 0.5) is 5.69 Å². The third-order valence-corrected chi connectivity index (χ3v) is 12.8. The SMILES string of the molecule is CC1CN(CC2CCCCC2)CCCN(S(=O)(=O)c2ccc(N(C)C)cc2)CC(C)CN(SN2CCc3cc(Cl)ccc3C2)C1. The van der Waals surface area contributed by atoms with Gasteiger partial charge in [-0.25, -0.2) is 17.0 Å². The third-order valence-electron chi connectivity index (χ3n) is 9.61. The molecule has 7 nitrogen and oxygen atoms in total. The molecule has 0 aromatic heterocycles. The van der Waals surface area contributed by atoms with Crippen LogP contribution < -0.4 is 4.90 Å². The van der Waals surface area contributed by atoms with Crippen LogP contribution in [0.1, 0.15) is 63.5 Å². The van der Waals surface area contributed by atoms with Gasteiger partial charge in [0.25, 0.3) is 0 Å². The van der Waals surface area contributed by atoms with E-state index in [1.807, 2.05) is 49.3 Å². The summed E-state index contributed by atoms with van der Waals surface area (Å²) in [5, 5.41) is 0.812. The highest BCUT2D eigenvalue weighted by Crippen LogP contribution is 2.31. The zero-order valence-electron chi connectivity index (χ0n) is 27.8. The zero-order valence-corrected chi connectivity index (χ0v) is 30.2. The summed E-state index contributed by atoms with van der Waals surface area (Å²) in [6.07, 6.45) is 8.57. The average molecular weight is 676 g/mol. The molecule has 0 bridgehead atoms. The molecule has 0 spiro atoms. The number of sulfonamides is 1. The Kier molecular flexibility index (Phi) is 12.6. The summed E-state index contributed by atoms with van der Waals surface area (Å²) in [4.78, 5) is 5.05. The standard InChI is InChI=1S/C35H54ClN5O2S2/c1-28-22-38(26-30-9-6-5-7-10-30)18-8-19-41(45(42,43)35-15-13-34(14-16-35)37(3)4)25-29(2)24-40(23-28)44-39-20-17-31-21-33(36)12-11-32(31)27-39/h11-16,21,28-30H,5-10,17-20,22-27H2,1-4H3. The molecule has 5 rings (SSSR count). The van der Waals surface area contributed by atoms with Crippen molar-refractivity contribution in [2.24, 2.45) is 17.8 Å². The summed E-state index contributed by atoms with van der Waals surface area (Å²) < 4.78 is 34.9. The van der Waals surface area contributed by atoms with E-state index in [1.165, 1.54) is 43.2 Å². The van der Waals surface area contributed by atoms with Crippen LogP contribution in [0.2, 0.25) is 5.02 Å². The lowest BCUT2D eigenvalue weighted by molar-refractivity contribution is 0.158. The zero-order chi connectivity index (χ0) is 32.0. The van der Waals surface area contributed by atoms with Gasteiger partial charge in [0.2, 0.25) is 10.0 Å². The summed E-state index contributed by atoms with van der Waals surface area (Å²) in [5.74, 6) is 1.48. The van der Waals surface area contributed by atoms with Gasteiger partial charge < -0.3 is 9.80 Å². The summed E-state index contributed by atoms with van der Waals surface area (Å²) in [6, 6.07) is 13.6. The first-order valence-electron chi connectivity index (χ1n) is 17.0. The van der Waals surface area contributed by atoms with Crippen molar-refractivity contribution in [2.75, 3.05) is 71.4 Å². The van der Waals surface area contributed by atoms with Crippen molar-refractivity contribution in [3.63, 3.8) is 0 Å². The molecule has 2 atom stereocenters. The van der Waals surface area contributed by atoms with E-state index in [4.69, 9.17) is 11.6 Å². The van der Waals surface area contributed by atoms with Gasteiger partial charge in [-0.15, -0.1) is 0 Å². The second kappa shape index (κ2) is 16.2. The largest absolute Gasteiger partial charge is 0.378 e. The molecule has 10 heteroatoms. The van der Waals surface area contributed by atoms with E-state index < -0.39 is 10.0 Å². The molecule has 250 valence electrons. The van der Waals surface area contributed by atoms with E-state index in [9.17, 15) is 8.42 Å². The Hall–Kier alpha value is -1.33. The van der Waals surface area contributed by atoms with Crippen LogP contribution in [0, 0.1) is 17.8 Å². The summed E-state index contributed by atoms with van der Waals surface area (Å²) in [5.41, 5.74) is 3.71. The maximum absolute atomic E-state index is 14.1. The smallest absolute Gasteiger partial charge is 0.243 e. The molecule has 1 saturated heterocycles. The summed E-state index contributed by atoms with van der Waals surface area (Å²) in [7, 11) is 0.338. The van der Waals surface area contributed by atoms with Gasteiger partial charge in [-0.05, 0) is 97.5 Å². The van der Waals surface area contributed by atoms with Crippen molar-refractivity contribution in [1.82, 2.24) is 17.8 Å². The fraction of sp³-hybridized carbons (Fsp3) is 0.657. The van der Waals surface area contributed by atoms with Gasteiger partial charge in [-0.2, -0.15) is 4.31 Å². The van der Waals surface area contributed by atoms with Crippen LogP contribution in [0.5, 0.6) is 0 Å². The minimum Gasteiger partial charge on any atom is -0.378 e.